The van der Waals surface area contributed by atoms with E-state index in [-0.39, 0.29) is 23.1 Å². The summed E-state index contributed by atoms with van der Waals surface area (Å²) in [5, 5.41) is 2.79. The first-order valence-electron chi connectivity index (χ1n) is 10.0. The molecule has 9 nitrogen and oxygen atoms in total. The zero-order valence-electron chi connectivity index (χ0n) is 18.2. The predicted molar refractivity (Wildman–Crippen MR) is 117 cm³/mol. The molecular formula is C22H26N2O7S. The molecule has 1 aliphatic rings. The van der Waals surface area contributed by atoms with Gasteiger partial charge in [0.1, 0.15) is 16.4 Å². The summed E-state index contributed by atoms with van der Waals surface area (Å²) in [4.78, 5) is 24.3. The molecule has 1 amide bonds. The standard InChI is InChI=1S/C22H26N2O7S/c1-29-18-10-11-19(30-2)20(13-18)32(27,28)24-12-4-5-16(14-24)21(25)23-17-8-6-15(7-9-17)22(26)31-3/h6-11,13,16H,4-5,12,14H2,1-3H3,(H,23,25)/t16-/m0/s1. The van der Waals surface area contributed by atoms with E-state index in [1.165, 1.54) is 37.8 Å². The van der Waals surface area contributed by atoms with Gasteiger partial charge in [0, 0.05) is 24.8 Å². The van der Waals surface area contributed by atoms with Gasteiger partial charge in [0.05, 0.1) is 32.8 Å². The predicted octanol–water partition coefficient (Wildman–Crippen LogP) is 2.53. The number of rotatable bonds is 7. The van der Waals surface area contributed by atoms with Crippen LogP contribution in [0.5, 0.6) is 11.5 Å². The quantitative estimate of drug-likeness (QED) is 0.630. The first kappa shape index (κ1) is 23.6. The van der Waals surface area contributed by atoms with Crippen molar-refractivity contribution in [3.63, 3.8) is 0 Å². The lowest BCUT2D eigenvalue weighted by Gasteiger charge is -2.31. The fraction of sp³-hybridized carbons (Fsp3) is 0.364. The van der Waals surface area contributed by atoms with Crippen LogP contribution in [-0.4, -0.2) is 59.0 Å². The van der Waals surface area contributed by atoms with Crippen molar-refractivity contribution in [3.8, 4) is 11.5 Å². The van der Waals surface area contributed by atoms with E-state index >= 15 is 0 Å². The Kier molecular flexibility index (Phi) is 7.37. The largest absolute Gasteiger partial charge is 0.497 e. The number of methoxy groups -OCH3 is 3. The summed E-state index contributed by atoms with van der Waals surface area (Å²) in [5.41, 5.74) is 0.879. The number of benzene rings is 2. The Morgan fingerprint density at radius 3 is 2.38 bits per heavy atom. The molecule has 1 N–H and O–H groups in total. The summed E-state index contributed by atoms with van der Waals surface area (Å²) in [5.74, 6) is -0.665. The fourth-order valence-electron chi connectivity index (χ4n) is 3.55. The average Bonchev–Trinajstić information content (AvgIpc) is 2.83. The number of sulfonamides is 1. The van der Waals surface area contributed by atoms with Crippen LogP contribution in [0.4, 0.5) is 5.69 Å². The topological polar surface area (TPSA) is 111 Å². The highest BCUT2D eigenvalue weighted by molar-refractivity contribution is 7.89. The number of hydrogen-bond acceptors (Lipinski definition) is 7. The van der Waals surface area contributed by atoms with Crippen molar-refractivity contribution >= 4 is 27.6 Å². The van der Waals surface area contributed by atoms with E-state index in [1.807, 2.05) is 0 Å². The number of nitrogens with one attached hydrogen (secondary N) is 1. The number of esters is 1. The highest BCUT2D eigenvalue weighted by atomic mass is 32.2. The van der Waals surface area contributed by atoms with E-state index < -0.39 is 21.9 Å². The maximum atomic E-state index is 13.3. The van der Waals surface area contributed by atoms with Gasteiger partial charge < -0.3 is 19.5 Å². The molecule has 10 heteroatoms. The van der Waals surface area contributed by atoms with Crippen LogP contribution in [0.15, 0.2) is 47.4 Å². The molecule has 32 heavy (non-hydrogen) atoms. The van der Waals surface area contributed by atoms with Crippen LogP contribution in [-0.2, 0) is 19.6 Å². The van der Waals surface area contributed by atoms with Gasteiger partial charge in [-0.15, -0.1) is 0 Å². The van der Waals surface area contributed by atoms with Crippen molar-refractivity contribution in [2.45, 2.75) is 17.7 Å². The molecule has 1 heterocycles. The van der Waals surface area contributed by atoms with Gasteiger partial charge in [-0.05, 0) is 49.2 Å². The lowest BCUT2D eigenvalue weighted by Crippen LogP contribution is -2.43. The van der Waals surface area contributed by atoms with Crippen LogP contribution in [0.3, 0.4) is 0 Å². The summed E-state index contributed by atoms with van der Waals surface area (Å²) in [6, 6.07) is 10.9. The molecule has 0 aliphatic carbocycles. The molecule has 1 saturated heterocycles. The molecule has 0 aromatic heterocycles. The minimum absolute atomic E-state index is 0.00110. The third-order valence-electron chi connectivity index (χ3n) is 5.32. The van der Waals surface area contributed by atoms with Crippen molar-refractivity contribution in [2.24, 2.45) is 5.92 Å². The van der Waals surface area contributed by atoms with Crippen LogP contribution < -0.4 is 14.8 Å². The van der Waals surface area contributed by atoms with Crippen LogP contribution >= 0.6 is 0 Å². The minimum Gasteiger partial charge on any atom is -0.497 e. The summed E-state index contributed by atoms with van der Waals surface area (Å²) < 4.78 is 43.0. The summed E-state index contributed by atoms with van der Waals surface area (Å²) in [6.07, 6.45) is 1.11. The number of hydrogen-bond donors (Lipinski definition) is 1. The second-order valence-corrected chi connectivity index (χ2v) is 9.18. The van der Waals surface area contributed by atoms with Gasteiger partial charge in [-0.2, -0.15) is 4.31 Å². The number of carbonyl (C=O) groups excluding carboxylic acids is 2. The molecule has 0 unspecified atom stereocenters. The van der Waals surface area contributed by atoms with Crippen molar-refractivity contribution in [1.29, 1.82) is 0 Å². The van der Waals surface area contributed by atoms with Crippen molar-refractivity contribution in [1.82, 2.24) is 4.31 Å². The van der Waals surface area contributed by atoms with E-state index in [1.54, 1.807) is 30.3 Å². The molecule has 2 aromatic rings. The van der Waals surface area contributed by atoms with Crippen LogP contribution in [0.2, 0.25) is 0 Å². The Morgan fingerprint density at radius 2 is 1.75 bits per heavy atom. The zero-order valence-corrected chi connectivity index (χ0v) is 19.0. The highest BCUT2D eigenvalue weighted by Gasteiger charge is 2.35. The maximum absolute atomic E-state index is 13.3. The second kappa shape index (κ2) is 10.0. The molecule has 3 rings (SSSR count). The molecule has 0 spiro atoms. The molecular weight excluding hydrogens is 436 g/mol. The lowest BCUT2D eigenvalue weighted by molar-refractivity contribution is -0.120. The number of piperidine rings is 1. The number of carbonyl (C=O) groups is 2. The number of nitrogens with zero attached hydrogens (tertiary/aromatic N) is 1. The Hall–Kier alpha value is -3.11. The Labute approximate surface area is 187 Å². The van der Waals surface area contributed by atoms with Gasteiger partial charge >= 0.3 is 5.97 Å². The van der Waals surface area contributed by atoms with Crippen LogP contribution in [0.1, 0.15) is 23.2 Å². The molecule has 1 aliphatic heterocycles. The van der Waals surface area contributed by atoms with E-state index in [2.05, 4.69) is 10.1 Å². The van der Waals surface area contributed by atoms with Crippen molar-refractivity contribution < 1.29 is 32.2 Å². The SMILES string of the molecule is COC(=O)c1ccc(NC(=O)[C@H]2CCCN(S(=O)(=O)c3cc(OC)ccc3OC)C2)cc1. The molecule has 0 radical (unpaired) electrons. The third-order valence-corrected chi connectivity index (χ3v) is 7.20. The smallest absolute Gasteiger partial charge is 0.337 e. The normalized spacial score (nSPS) is 16.8. The van der Waals surface area contributed by atoms with Crippen molar-refractivity contribution in [3.05, 3.63) is 48.0 Å². The van der Waals surface area contributed by atoms with E-state index in [0.29, 0.717) is 36.4 Å². The van der Waals surface area contributed by atoms with Gasteiger partial charge in [-0.3, -0.25) is 4.79 Å². The number of amides is 1. The molecule has 1 fully saturated rings. The summed E-state index contributed by atoms with van der Waals surface area (Å²) >= 11 is 0. The van der Waals surface area contributed by atoms with E-state index in [0.717, 1.165) is 0 Å². The zero-order chi connectivity index (χ0) is 23.3. The minimum atomic E-state index is -3.90. The molecule has 172 valence electrons. The highest BCUT2D eigenvalue weighted by Crippen LogP contribution is 2.33. The van der Waals surface area contributed by atoms with Gasteiger partial charge in [0.2, 0.25) is 15.9 Å². The Bertz CT molecular complexity index is 1080. The Balaban J connectivity index is 1.74. The molecule has 0 bridgehead atoms. The van der Waals surface area contributed by atoms with Crippen LogP contribution in [0.25, 0.3) is 0 Å². The van der Waals surface area contributed by atoms with Gasteiger partial charge in [0.15, 0.2) is 0 Å². The Morgan fingerprint density at radius 1 is 1.03 bits per heavy atom. The molecule has 0 saturated carbocycles. The lowest BCUT2D eigenvalue weighted by atomic mass is 9.98. The van der Waals surface area contributed by atoms with Gasteiger partial charge in [0.25, 0.3) is 0 Å². The van der Waals surface area contributed by atoms with E-state index in [9.17, 15) is 18.0 Å². The number of anilines is 1. The molecule has 2 aromatic carbocycles. The first-order chi connectivity index (χ1) is 15.3. The maximum Gasteiger partial charge on any atom is 0.337 e. The molecule has 1 atom stereocenters. The van der Waals surface area contributed by atoms with Crippen LogP contribution in [0, 0.1) is 5.92 Å². The fourth-order valence-corrected chi connectivity index (χ4v) is 5.25. The third kappa shape index (κ3) is 5.03. The van der Waals surface area contributed by atoms with Gasteiger partial charge in [-0.1, -0.05) is 0 Å². The van der Waals surface area contributed by atoms with Crippen molar-refractivity contribution in [2.75, 3.05) is 39.7 Å². The second-order valence-electron chi connectivity index (χ2n) is 7.28. The van der Waals surface area contributed by atoms with E-state index in [4.69, 9.17) is 9.47 Å². The van der Waals surface area contributed by atoms with Gasteiger partial charge in [-0.25, -0.2) is 13.2 Å². The first-order valence-corrected chi connectivity index (χ1v) is 11.5. The summed E-state index contributed by atoms with van der Waals surface area (Å²) in [7, 11) is 0.253. The monoisotopic (exact) mass is 462 g/mol. The number of ether oxygens (including phenoxy) is 3. The average molecular weight is 463 g/mol. The summed E-state index contributed by atoms with van der Waals surface area (Å²) in [6.45, 7) is 0.356.